The van der Waals surface area contributed by atoms with Gasteiger partial charge in [-0.3, -0.25) is 4.79 Å². The Labute approximate surface area is 61.8 Å². The minimum atomic E-state index is -0.272. The summed E-state index contributed by atoms with van der Waals surface area (Å²) in [6.07, 6.45) is 2.69. The summed E-state index contributed by atoms with van der Waals surface area (Å²) >= 11 is 0. The van der Waals surface area contributed by atoms with Crippen LogP contribution in [0.5, 0.6) is 0 Å². The number of unbranched alkanes of at least 4 members (excludes halogenated alkanes) is 1. The maximum atomic E-state index is 10.6. The lowest BCUT2D eigenvalue weighted by Gasteiger charge is -2.05. The Kier molecular flexibility index (Phi) is 5.16. The molecule has 1 atom stereocenters. The number of carbonyl (C=O) groups excluding carboxylic acids is 1. The van der Waals surface area contributed by atoms with E-state index in [1.807, 2.05) is 0 Å². The molecule has 0 heterocycles. The lowest BCUT2D eigenvalue weighted by atomic mass is 10.1. The summed E-state index contributed by atoms with van der Waals surface area (Å²) < 4.78 is 0. The summed E-state index contributed by atoms with van der Waals surface area (Å²) in [5, 5.41) is 0. The van der Waals surface area contributed by atoms with Crippen LogP contribution in [-0.2, 0) is 4.79 Å². The molecule has 0 unspecified atom stereocenters. The van der Waals surface area contributed by atoms with Crippen LogP contribution in [0, 0.1) is 0 Å². The topological polar surface area (TPSA) is 69.1 Å². The van der Waals surface area contributed by atoms with Gasteiger partial charge in [-0.25, -0.2) is 0 Å². The standard InChI is InChI=1S/C7H16N2O/c1-6(10)7(9)4-2-3-5-8/h7H,2-5,8-9H2,1H3/t7-/m1/s1. The van der Waals surface area contributed by atoms with E-state index in [1.165, 1.54) is 6.92 Å². The maximum absolute atomic E-state index is 10.6. The first kappa shape index (κ1) is 9.59. The summed E-state index contributed by atoms with van der Waals surface area (Å²) in [5.74, 6) is 0.0667. The zero-order chi connectivity index (χ0) is 7.98. The van der Waals surface area contributed by atoms with Crippen LogP contribution >= 0.6 is 0 Å². The second kappa shape index (κ2) is 5.38. The minimum Gasteiger partial charge on any atom is -0.330 e. The van der Waals surface area contributed by atoms with Crippen molar-refractivity contribution in [3.63, 3.8) is 0 Å². The Morgan fingerprint density at radius 3 is 2.50 bits per heavy atom. The molecule has 0 amide bonds. The smallest absolute Gasteiger partial charge is 0.146 e. The van der Waals surface area contributed by atoms with Gasteiger partial charge in [-0.05, 0) is 26.3 Å². The van der Waals surface area contributed by atoms with E-state index in [-0.39, 0.29) is 11.8 Å². The van der Waals surface area contributed by atoms with Gasteiger partial charge in [0.2, 0.25) is 0 Å². The molecule has 0 aliphatic carbocycles. The van der Waals surface area contributed by atoms with Gasteiger partial charge in [-0.15, -0.1) is 0 Å². The van der Waals surface area contributed by atoms with E-state index in [0.717, 1.165) is 19.3 Å². The molecule has 0 saturated heterocycles. The molecule has 0 rings (SSSR count). The van der Waals surface area contributed by atoms with Crippen LogP contribution < -0.4 is 11.5 Å². The van der Waals surface area contributed by atoms with Crippen molar-refractivity contribution in [2.45, 2.75) is 32.2 Å². The quantitative estimate of drug-likeness (QED) is 0.535. The molecule has 0 saturated carbocycles. The number of Topliss-reactive ketones (excluding diaryl/α,β-unsaturated/α-hetero) is 1. The molecule has 0 aromatic rings. The molecule has 4 N–H and O–H groups in total. The Hall–Kier alpha value is -0.410. The number of hydrogen-bond acceptors (Lipinski definition) is 3. The van der Waals surface area contributed by atoms with E-state index < -0.39 is 0 Å². The van der Waals surface area contributed by atoms with Crippen molar-refractivity contribution in [2.24, 2.45) is 11.5 Å². The fourth-order valence-corrected chi connectivity index (χ4v) is 0.712. The van der Waals surface area contributed by atoms with Gasteiger partial charge in [0.25, 0.3) is 0 Å². The molecule has 0 aromatic carbocycles. The van der Waals surface area contributed by atoms with Gasteiger partial charge >= 0.3 is 0 Å². The third kappa shape index (κ3) is 4.47. The summed E-state index contributed by atoms with van der Waals surface area (Å²) in [4.78, 5) is 10.6. The first-order valence-electron chi connectivity index (χ1n) is 3.64. The van der Waals surface area contributed by atoms with Gasteiger partial charge in [-0.2, -0.15) is 0 Å². The van der Waals surface area contributed by atoms with Crippen molar-refractivity contribution in [1.82, 2.24) is 0 Å². The summed E-state index contributed by atoms with van der Waals surface area (Å²) in [6.45, 7) is 2.21. The highest BCUT2D eigenvalue weighted by atomic mass is 16.1. The van der Waals surface area contributed by atoms with Crippen LogP contribution in [0.15, 0.2) is 0 Å². The van der Waals surface area contributed by atoms with Crippen molar-refractivity contribution >= 4 is 5.78 Å². The van der Waals surface area contributed by atoms with Crippen molar-refractivity contribution in [3.05, 3.63) is 0 Å². The van der Waals surface area contributed by atoms with Crippen LogP contribution in [0.1, 0.15) is 26.2 Å². The second-order valence-electron chi connectivity index (χ2n) is 2.50. The predicted octanol–water partition coefficient (Wildman–Crippen LogP) is 0.0317. The molecule has 3 nitrogen and oxygen atoms in total. The van der Waals surface area contributed by atoms with Crippen LogP contribution in [0.2, 0.25) is 0 Å². The van der Waals surface area contributed by atoms with Crippen molar-refractivity contribution < 1.29 is 4.79 Å². The predicted molar refractivity (Wildman–Crippen MR) is 41.6 cm³/mol. The van der Waals surface area contributed by atoms with Crippen molar-refractivity contribution in [2.75, 3.05) is 6.54 Å². The number of nitrogens with two attached hydrogens (primary N) is 2. The average molecular weight is 144 g/mol. The van der Waals surface area contributed by atoms with E-state index in [9.17, 15) is 4.79 Å². The third-order valence-electron chi connectivity index (χ3n) is 1.49. The van der Waals surface area contributed by atoms with Crippen LogP contribution in [0.25, 0.3) is 0 Å². The molecular formula is C7H16N2O. The van der Waals surface area contributed by atoms with Crippen molar-refractivity contribution in [1.29, 1.82) is 0 Å². The Morgan fingerprint density at radius 1 is 1.50 bits per heavy atom. The zero-order valence-corrected chi connectivity index (χ0v) is 6.47. The van der Waals surface area contributed by atoms with Gasteiger partial charge in [0.05, 0.1) is 6.04 Å². The van der Waals surface area contributed by atoms with Gasteiger partial charge in [0, 0.05) is 0 Å². The van der Waals surface area contributed by atoms with E-state index in [4.69, 9.17) is 11.5 Å². The van der Waals surface area contributed by atoms with E-state index in [1.54, 1.807) is 0 Å². The van der Waals surface area contributed by atoms with Crippen LogP contribution in [-0.4, -0.2) is 18.4 Å². The number of ketones is 1. The monoisotopic (exact) mass is 144 g/mol. The van der Waals surface area contributed by atoms with Gasteiger partial charge in [0.15, 0.2) is 0 Å². The molecule has 0 aliphatic heterocycles. The molecule has 0 aliphatic rings. The van der Waals surface area contributed by atoms with E-state index in [0.29, 0.717) is 6.54 Å². The lowest BCUT2D eigenvalue weighted by Crippen LogP contribution is -2.28. The minimum absolute atomic E-state index is 0.0667. The van der Waals surface area contributed by atoms with Crippen molar-refractivity contribution in [3.8, 4) is 0 Å². The maximum Gasteiger partial charge on any atom is 0.146 e. The number of carbonyl (C=O) groups is 1. The second-order valence-corrected chi connectivity index (χ2v) is 2.50. The molecule has 60 valence electrons. The normalized spacial score (nSPS) is 13.1. The molecule has 0 spiro atoms. The molecule has 0 bridgehead atoms. The Bertz CT molecular complexity index is 104. The molecule has 10 heavy (non-hydrogen) atoms. The number of hydrogen-bond donors (Lipinski definition) is 2. The van der Waals surface area contributed by atoms with Gasteiger partial charge in [0.1, 0.15) is 5.78 Å². The highest BCUT2D eigenvalue weighted by Crippen LogP contribution is 1.97. The first-order chi connectivity index (χ1) is 4.68. The average Bonchev–Trinajstić information content (AvgIpc) is 1.88. The summed E-state index contributed by atoms with van der Waals surface area (Å²) in [5.41, 5.74) is 10.7. The zero-order valence-electron chi connectivity index (χ0n) is 6.47. The Morgan fingerprint density at radius 2 is 2.10 bits per heavy atom. The highest BCUT2D eigenvalue weighted by molar-refractivity contribution is 5.80. The first-order valence-corrected chi connectivity index (χ1v) is 3.64. The SMILES string of the molecule is CC(=O)[C@H](N)CCCCN. The lowest BCUT2D eigenvalue weighted by molar-refractivity contribution is -0.118. The van der Waals surface area contributed by atoms with E-state index >= 15 is 0 Å². The molecule has 0 radical (unpaired) electrons. The fourth-order valence-electron chi connectivity index (χ4n) is 0.712. The van der Waals surface area contributed by atoms with E-state index in [2.05, 4.69) is 0 Å². The van der Waals surface area contributed by atoms with Crippen LogP contribution in [0.4, 0.5) is 0 Å². The molecule has 0 aromatic heterocycles. The van der Waals surface area contributed by atoms with Gasteiger partial charge < -0.3 is 11.5 Å². The Balaban J connectivity index is 3.21. The summed E-state index contributed by atoms with van der Waals surface area (Å²) in [6, 6.07) is -0.272. The third-order valence-corrected chi connectivity index (χ3v) is 1.49. The number of rotatable bonds is 5. The molecule has 3 heteroatoms. The highest BCUT2D eigenvalue weighted by Gasteiger charge is 2.05. The molecular weight excluding hydrogens is 128 g/mol. The molecule has 0 fully saturated rings. The largest absolute Gasteiger partial charge is 0.330 e. The van der Waals surface area contributed by atoms with Gasteiger partial charge in [-0.1, -0.05) is 6.42 Å². The fraction of sp³-hybridized carbons (Fsp3) is 0.857. The summed E-state index contributed by atoms with van der Waals surface area (Å²) in [7, 11) is 0. The van der Waals surface area contributed by atoms with Crippen LogP contribution in [0.3, 0.4) is 0 Å².